The van der Waals surface area contributed by atoms with E-state index < -0.39 is 0 Å². The van der Waals surface area contributed by atoms with Crippen molar-refractivity contribution in [3.05, 3.63) is 11.6 Å². The maximum Gasteiger partial charge on any atom is 0.159 e. The summed E-state index contributed by atoms with van der Waals surface area (Å²) in [4.78, 5) is 13.5. The average Bonchev–Trinajstić information content (AvgIpc) is 3.06. The van der Waals surface area contributed by atoms with Crippen molar-refractivity contribution in [2.45, 2.75) is 112 Å². The monoisotopic (exact) mass is 428 g/mol. The maximum atomic E-state index is 13.5. The molecule has 3 saturated carbocycles. The van der Waals surface area contributed by atoms with Gasteiger partial charge < -0.3 is 5.11 Å². The number of fused-ring (bicyclic) bond motifs is 5. The Morgan fingerprint density at radius 3 is 2.45 bits per heavy atom. The van der Waals surface area contributed by atoms with E-state index in [0.29, 0.717) is 23.0 Å². The number of aliphatic hydroxyl groups is 1. The van der Waals surface area contributed by atoms with Gasteiger partial charge in [-0.2, -0.15) is 0 Å². The van der Waals surface area contributed by atoms with Crippen LogP contribution < -0.4 is 0 Å². The number of aliphatic hydroxyl groups excluding tert-OH is 1. The van der Waals surface area contributed by atoms with Crippen LogP contribution in [0.4, 0.5) is 0 Å². The van der Waals surface area contributed by atoms with Gasteiger partial charge in [-0.3, -0.25) is 4.79 Å². The van der Waals surface area contributed by atoms with Crippen molar-refractivity contribution in [3.8, 4) is 0 Å². The van der Waals surface area contributed by atoms with Crippen molar-refractivity contribution in [2.75, 3.05) is 0 Å². The first-order valence-electron chi connectivity index (χ1n) is 13.5. The highest BCUT2D eigenvalue weighted by Gasteiger charge is 2.61. The minimum absolute atomic E-state index is 0.147. The van der Waals surface area contributed by atoms with Crippen molar-refractivity contribution in [1.29, 1.82) is 0 Å². The molecule has 9 atom stereocenters. The van der Waals surface area contributed by atoms with Gasteiger partial charge in [0.2, 0.25) is 0 Å². The fraction of sp³-hybridized carbons (Fsp3) is 0.897. The molecule has 0 bridgehead atoms. The van der Waals surface area contributed by atoms with E-state index in [1.807, 2.05) is 6.08 Å². The summed E-state index contributed by atoms with van der Waals surface area (Å²) in [6, 6.07) is 0. The highest BCUT2D eigenvalue weighted by Crippen LogP contribution is 2.66. The van der Waals surface area contributed by atoms with Crippen LogP contribution in [0.1, 0.15) is 106 Å². The summed E-state index contributed by atoms with van der Waals surface area (Å²) in [5.41, 5.74) is 1.75. The first kappa shape index (κ1) is 23.5. The third kappa shape index (κ3) is 3.87. The van der Waals surface area contributed by atoms with Crippen molar-refractivity contribution in [2.24, 2.45) is 52.3 Å². The lowest BCUT2D eigenvalue weighted by atomic mass is 9.46. The molecule has 0 aromatic rings. The summed E-state index contributed by atoms with van der Waals surface area (Å²) in [7, 11) is 0. The summed E-state index contributed by atoms with van der Waals surface area (Å²) in [6.07, 6.45) is 13.5. The molecule has 4 aliphatic rings. The highest BCUT2D eigenvalue weighted by molar-refractivity contribution is 5.94. The Balaban J connectivity index is 1.52. The molecule has 0 heterocycles. The molecule has 31 heavy (non-hydrogen) atoms. The molecule has 0 aromatic heterocycles. The molecule has 2 heteroatoms. The number of carbonyl (C=O) groups excluding carboxylic acids is 1. The fourth-order valence-electron chi connectivity index (χ4n) is 9.04. The van der Waals surface area contributed by atoms with Crippen LogP contribution in [-0.4, -0.2) is 17.0 Å². The van der Waals surface area contributed by atoms with E-state index in [9.17, 15) is 9.90 Å². The van der Waals surface area contributed by atoms with E-state index in [1.165, 1.54) is 50.5 Å². The first-order chi connectivity index (χ1) is 14.6. The summed E-state index contributed by atoms with van der Waals surface area (Å²) in [6.45, 7) is 14.6. The zero-order valence-electron chi connectivity index (χ0n) is 21.1. The largest absolute Gasteiger partial charge is 0.393 e. The van der Waals surface area contributed by atoms with Crippen LogP contribution in [0.2, 0.25) is 0 Å². The van der Waals surface area contributed by atoms with Gasteiger partial charge in [-0.1, -0.05) is 60.0 Å². The molecule has 4 aliphatic carbocycles. The molecule has 1 N–H and O–H groups in total. The number of carbonyl (C=O) groups is 1. The van der Waals surface area contributed by atoms with Gasteiger partial charge >= 0.3 is 0 Å². The molecule has 2 nitrogen and oxygen atoms in total. The van der Waals surface area contributed by atoms with Gasteiger partial charge in [-0.25, -0.2) is 0 Å². The molecule has 0 aliphatic heterocycles. The average molecular weight is 429 g/mol. The van der Waals surface area contributed by atoms with Gasteiger partial charge in [-0.15, -0.1) is 0 Å². The van der Waals surface area contributed by atoms with Gasteiger partial charge in [0.1, 0.15) is 0 Å². The third-order valence-corrected chi connectivity index (χ3v) is 11.1. The fourth-order valence-corrected chi connectivity index (χ4v) is 9.04. The number of ketones is 1. The van der Waals surface area contributed by atoms with Gasteiger partial charge in [0.25, 0.3) is 0 Å². The first-order valence-corrected chi connectivity index (χ1v) is 13.5. The predicted molar refractivity (Wildman–Crippen MR) is 129 cm³/mol. The molecule has 4 rings (SSSR count). The maximum absolute atomic E-state index is 13.5. The van der Waals surface area contributed by atoms with Gasteiger partial charge in [0.05, 0.1) is 6.10 Å². The van der Waals surface area contributed by atoms with Crippen LogP contribution in [0.3, 0.4) is 0 Å². The van der Waals surface area contributed by atoms with Crippen LogP contribution in [0.15, 0.2) is 11.6 Å². The van der Waals surface area contributed by atoms with E-state index in [1.54, 1.807) is 0 Å². The molecule has 0 amide bonds. The Kier molecular flexibility index (Phi) is 6.54. The molecule has 3 fully saturated rings. The lowest BCUT2D eigenvalue weighted by Crippen LogP contribution is -2.53. The smallest absolute Gasteiger partial charge is 0.159 e. The van der Waals surface area contributed by atoms with Gasteiger partial charge in [0, 0.05) is 5.92 Å². The predicted octanol–water partition coefficient (Wildman–Crippen LogP) is 7.20. The Labute approximate surface area is 191 Å². The highest BCUT2D eigenvalue weighted by atomic mass is 16.3. The molecule has 0 spiro atoms. The normalized spacial score (nSPS) is 44.3. The number of allylic oxidation sites excluding steroid dienone is 1. The Hall–Kier alpha value is -0.630. The summed E-state index contributed by atoms with van der Waals surface area (Å²) in [5, 5.41) is 10.2. The Morgan fingerprint density at radius 2 is 1.77 bits per heavy atom. The zero-order valence-corrected chi connectivity index (χ0v) is 21.1. The van der Waals surface area contributed by atoms with E-state index in [2.05, 4.69) is 41.5 Å². The molecule has 0 radical (unpaired) electrons. The van der Waals surface area contributed by atoms with Crippen LogP contribution >= 0.6 is 0 Å². The quantitative estimate of drug-likeness (QED) is 0.485. The van der Waals surface area contributed by atoms with Gasteiger partial charge in [-0.05, 0) is 104 Å². The molecule has 0 aromatic carbocycles. The van der Waals surface area contributed by atoms with Crippen LogP contribution in [0.5, 0.6) is 0 Å². The number of rotatable bonds is 6. The van der Waals surface area contributed by atoms with E-state index >= 15 is 0 Å². The standard InChI is InChI=1S/C29H48O2/c1-7-20(18(2)3)9-8-19(4)23-10-11-24-27-25(13-15-29(23,24)6)28(5)14-12-22(30)16-21(28)17-26(27)31/h17-20,22-25,27,30H,7-16H2,1-6H3/t19-,20+,22+,23-,24-,25-,27+,28+,29+/m1/s1. The number of hydrogen-bond donors (Lipinski definition) is 1. The van der Waals surface area contributed by atoms with Crippen molar-refractivity contribution in [3.63, 3.8) is 0 Å². The second kappa shape index (κ2) is 8.62. The molecule has 176 valence electrons. The lowest BCUT2D eigenvalue weighted by molar-refractivity contribution is -0.135. The Bertz CT molecular complexity index is 708. The topological polar surface area (TPSA) is 37.3 Å². The van der Waals surface area contributed by atoms with Crippen LogP contribution in [0.25, 0.3) is 0 Å². The van der Waals surface area contributed by atoms with Crippen LogP contribution in [-0.2, 0) is 4.79 Å². The van der Waals surface area contributed by atoms with Crippen molar-refractivity contribution in [1.82, 2.24) is 0 Å². The molecular weight excluding hydrogens is 380 g/mol. The summed E-state index contributed by atoms with van der Waals surface area (Å²) in [5.74, 6) is 4.90. The van der Waals surface area contributed by atoms with E-state index in [0.717, 1.165) is 42.9 Å². The van der Waals surface area contributed by atoms with Gasteiger partial charge in [0.15, 0.2) is 5.78 Å². The minimum atomic E-state index is -0.243. The summed E-state index contributed by atoms with van der Waals surface area (Å²) < 4.78 is 0. The van der Waals surface area contributed by atoms with E-state index in [-0.39, 0.29) is 17.4 Å². The van der Waals surface area contributed by atoms with Crippen molar-refractivity contribution >= 4 is 5.78 Å². The molecule has 0 unspecified atom stereocenters. The second-order valence-electron chi connectivity index (χ2n) is 12.8. The molecule has 0 saturated heterocycles. The number of hydrogen-bond acceptors (Lipinski definition) is 2. The van der Waals surface area contributed by atoms with E-state index in [4.69, 9.17) is 0 Å². The van der Waals surface area contributed by atoms with Crippen LogP contribution in [0, 0.1) is 52.3 Å². The third-order valence-electron chi connectivity index (χ3n) is 11.1. The minimum Gasteiger partial charge on any atom is -0.393 e. The second-order valence-corrected chi connectivity index (χ2v) is 12.8. The van der Waals surface area contributed by atoms with Crippen molar-refractivity contribution < 1.29 is 9.90 Å². The summed E-state index contributed by atoms with van der Waals surface area (Å²) >= 11 is 0. The zero-order chi connectivity index (χ0) is 22.6. The molecular formula is C29H48O2. The Morgan fingerprint density at radius 1 is 1.03 bits per heavy atom. The SMILES string of the molecule is CC[C@@H](CC[C@@H](C)[C@H]1CC[C@@H]2[C@@H]3C(=O)C=C4C[C@@H](O)CC[C@]4(C)[C@@H]3CC[C@]21C)C(C)C. The lowest BCUT2D eigenvalue weighted by Gasteiger charge is -2.57.